The fourth-order valence-electron chi connectivity index (χ4n) is 2.42. The lowest BCUT2D eigenvalue weighted by Gasteiger charge is -2.13. The topological polar surface area (TPSA) is 30.7 Å². The molecule has 0 aliphatic heterocycles. The van der Waals surface area contributed by atoms with E-state index in [1.165, 1.54) is 0 Å². The summed E-state index contributed by atoms with van der Waals surface area (Å²) in [6, 6.07) is 8.10. The van der Waals surface area contributed by atoms with Crippen LogP contribution in [0.5, 0.6) is 0 Å². The predicted octanol–water partition coefficient (Wildman–Crippen LogP) is 5.10. The Labute approximate surface area is 137 Å². The third kappa shape index (κ3) is 2.36. The van der Waals surface area contributed by atoms with Crippen LogP contribution >= 0.6 is 27.5 Å². The number of pyridine rings is 1. The molecule has 0 aliphatic rings. The second kappa shape index (κ2) is 5.43. The number of rotatable bonds is 2. The quantitative estimate of drug-likeness (QED) is 0.592. The van der Waals surface area contributed by atoms with Crippen LogP contribution in [-0.2, 0) is 0 Å². The summed E-state index contributed by atoms with van der Waals surface area (Å²) in [5.74, 6) is 0.805. The van der Waals surface area contributed by atoms with Gasteiger partial charge in [0.05, 0.1) is 11.1 Å². The van der Waals surface area contributed by atoms with E-state index in [4.69, 9.17) is 16.6 Å². The van der Waals surface area contributed by atoms with Crippen molar-refractivity contribution in [2.45, 2.75) is 26.1 Å². The van der Waals surface area contributed by atoms with Crippen LogP contribution in [0.25, 0.3) is 16.9 Å². The molecule has 3 aromatic rings. The second-order valence-corrected chi connectivity index (χ2v) is 6.58. The zero-order valence-corrected chi connectivity index (χ0v) is 14.4. The fraction of sp³-hybridized carbons (Fsp3) is 0.250. The van der Waals surface area contributed by atoms with Crippen LogP contribution in [0.4, 0.5) is 0 Å². The number of imidazole rings is 1. The van der Waals surface area contributed by atoms with Gasteiger partial charge >= 0.3 is 0 Å². The number of aryl methyl sites for hydroxylation is 2. The third-order valence-corrected chi connectivity index (χ3v) is 4.77. The summed E-state index contributed by atoms with van der Waals surface area (Å²) in [6.45, 7) is 6.03. The molecule has 21 heavy (non-hydrogen) atoms. The summed E-state index contributed by atoms with van der Waals surface area (Å²) in [6.07, 6.45) is 1.81. The molecule has 2 aromatic heterocycles. The lowest BCUT2D eigenvalue weighted by Crippen LogP contribution is -2.04. The van der Waals surface area contributed by atoms with Crippen LogP contribution in [0.1, 0.15) is 29.3 Å². The number of fused-ring (bicyclic) bond motifs is 1. The first-order valence-corrected chi connectivity index (χ1v) is 7.97. The van der Waals surface area contributed by atoms with Crippen molar-refractivity contribution in [3.8, 4) is 5.69 Å². The molecule has 0 saturated heterocycles. The van der Waals surface area contributed by atoms with Gasteiger partial charge in [0.25, 0.3) is 0 Å². The average molecular weight is 365 g/mol. The largest absolute Gasteiger partial charge is 0.278 e. The molecule has 2 heterocycles. The van der Waals surface area contributed by atoms with Crippen LogP contribution in [0.3, 0.4) is 0 Å². The van der Waals surface area contributed by atoms with E-state index < -0.39 is 0 Å². The summed E-state index contributed by atoms with van der Waals surface area (Å²) in [4.78, 5) is 9.22. The van der Waals surface area contributed by atoms with Gasteiger partial charge in [-0.1, -0.05) is 12.1 Å². The first-order valence-electron chi connectivity index (χ1n) is 6.74. The standard InChI is InChI=1S/C16H15BrClN3/c1-9-5-4-6-12(13(9)17)21-15(11(3)18)20-14-10(2)7-8-19-16(14)21/h4-8,11H,1-3H3. The van der Waals surface area contributed by atoms with Gasteiger partial charge in [-0.3, -0.25) is 4.57 Å². The van der Waals surface area contributed by atoms with Gasteiger partial charge in [-0.05, 0) is 60.0 Å². The number of hydrogen-bond acceptors (Lipinski definition) is 2. The smallest absolute Gasteiger partial charge is 0.165 e. The molecular formula is C16H15BrClN3. The zero-order chi connectivity index (χ0) is 15.1. The molecule has 1 atom stereocenters. The van der Waals surface area contributed by atoms with E-state index >= 15 is 0 Å². The average Bonchev–Trinajstić information content (AvgIpc) is 2.83. The van der Waals surface area contributed by atoms with E-state index in [2.05, 4.69) is 33.9 Å². The maximum Gasteiger partial charge on any atom is 0.165 e. The number of nitrogens with zero attached hydrogens (tertiary/aromatic N) is 3. The molecular weight excluding hydrogens is 350 g/mol. The fourth-order valence-corrected chi connectivity index (χ4v) is 3.01. The van der Waals surface area contributed by atoms with Crippen LogP contribution in [-0.4, -0.2) is 14.5 Å². The summed E-state index contributed by atoms with van der Waals surface area (Å²) < 4.78 is 3.07. The summed E-state index contributed by atoms with van der Waals surface area (Å²) >= 11 is 10.0. The van der Waals surface area contributed by atoms with Crippen LogP contribution in [0.15, 0.2) is 34.9 Å². The van der Waals surface area contributed by atoms with Gasteiger partial charge in [0, 0.05) is 10.7 Å². The van der Waals surface area contributed by atoms with Gasteiger partial charge in [0.2, 0.25) is 0 Å². The zero-order valence-electron chi connectivity index (χ0n) is 12.1. The molecule has 1 aromatic carbocycles. The normalized spacial score (nSPS) is 12.8. The van der Waals surface area contributed by atoms with Gasteiger partial charge < -0.3 is 0 Å². The van der Waals surface area contributed by atoms with Crippen LogP contribution < -0.4 is 0 Å². The summed E-state index contributed by atoms with van der Waals surface area (Å²) in [7, 11) is 0. The maximum absolute atomic E-state index is 6.35. The molecule has 0 spiro atoms. The van der Waals surface area contributed by atoms with Crippen molar-refractivity contribution < 1.29 is 0 Å². The maximum atomic E-state index is 6.35. The molecule has 0 amide bonds. The van der Waals surface area contributed by atoms with Crippen molar-refractivity contribution in [2.24, 2.45) is 0 Å². The van der Waals surface area contributed by atoms with Crippen molar-refractivity contribution in [2.75, 3.05) is 0 Å². The lowest BCUT2D eigenvalue weighted by molar-refractivity contribution is 0.873. The Kier molecular flexibility index (Phi) is 3.76. The number of benzene rings is 1. The predicted molar refractivity (Wildman–Crippen MR) is 90.3 cm³/mol. The molecule has 1 unspecified atom stereocenters. The van der Waals surface area contributed by atoms with Crippen molar-refractivity contribution in [3.05, 3.63) is 51.9 Å². The summed E-state index contributed by atoms with van der Waals surface area (Å²) in [5, 5.41) is -0.203. The van der Waals surface area contributed by atoms with Gasteiger partial charge in [0.1, 0.15) is 11.3 Å². The highest BCUT2D eigenvalue weighted by Gasteiger charge is 2.20. The second-order valence-electron chi connectivity index (χ2n) is 5.13. The molecule has 0 saturated carbocycles. The van der Waals surface area contributed by atoms with E-state index in [0.29, 0.717) is 0 Å². The molecule has 0 bridgehead atoms. The van der Waals surface area contributed by atoms with Gasteiger partial charge in [-0.15, -0.1) is 11.6 Å². The third-order valence-electron chi connectivity index (χ3n) is 3.54. The molecule has 0 N–H and O–H groups in total. The minimum Gasteiger partial charge on any atom is -0.278 e. The number of alkyl halides is 1. The lowest BCUT2D eigenvalue weighted by atomic mass is 10.2. The Balaban J connectivity index is 2.43. The minimum atomic E-state index is -0.203. The van der Waals surface area contributed by atoms with E-state index in [0.717, 1.165) is 38.3 Å². The monoisotopic (exact) mass is 363 g/mol. The molecule has 3 rings (SSSR count). The summed E-state index contributed by atoms with van der Waals surface area (Å²) in [5.41, 5.74) is 5.01. The highest BCUT2D eigenvalue weighted by atomic mass is 79.9. The van der Waals surface area contributed by atoms with Crippen molar-refractivity contribution in [3.63, 3.8) is 0 Å². The van der Waals surface area contributed by atoms with E-state index in [1.807, 2.05) is 42.8 Å². The Morgan fingerprint density at radius 3 is 2.67 bits per heavy atom. The molecule has 0 radical (unpaired) electrons. The first kappa shape index (κ1) is 14.5. The molecule has 3 nitrogen and oxygen atoms in total. The highest BCUT2D eigenvalue weighted by Crippen LogP contribution is 2.32. The highest BCUT2D eigenvalue weighted by molar-refractivity contribution is 9.10. The molecule has 108 valence electrons. The van der Waals surface area contributed by atoms with E-state index in [1.54, 1.807) is 0 Å². The Morgan fingerprint density at radius 2 is 1.95 bits per heavy atom. The number of halogens is 2. The number of hydrogen-bond donors (Lipinski definition) is 0. The van der Waals surface area contributed by atoms with Gasteiger partial charge in [-0.25, -0.2) is 9.97 Å². The molecule has 0 aliphatic carbocycles. The SMILES string of the molecule is Cc1cccc(-n2c(C(C)Cl)nc3c(C)ccnc32)c1Br. The van der Waals surface area contributed by atoms with Crippen molar-refractivity contribution in [1.29, 1.82) is 0 Å². The van der Waals surface area contributed by atoms with Crippen molar-refractivity contribution in [1.82, 2.24) is 14.5 Å². The Hall–Kier alpha value is -1.39. The Morgan fingerprint density at radius 1 is 1.19 bits per heavy atom. The first-order chi connectivity index (χ1) is 10.0. The number of aromatic nitrogens is 3. The van der Waals surface area contributed by atoms with Crippen LogP contribution in [0, 0.1) is 13.8 Å². The van der Waals surface area contributed by atoms with E-state index in [-0.39, 0.29) is 5.38 Å². The van der Waals surface area contributed by atoms with E-state index in [9.17, 15) is 0 Å². The van der Waals surface area contributed by atoms with Gasteiger partial charge in [0.15, 0.2) is 5.65 Å². The van der Waals surface area contributed by atoms with Crippen molar-refractivity contribution >= 4 is 38.7 Å². The minimum absolute atomic E-state index is 0.203. The Bertz CT molecular complexity index is 824. The molecule has 5 heteroatoms. The van der Waals surface area contributed by atoms with Crippen LogP contribution in [0.2, 0.25) is 0 Å². The van der Waals surface area contributed by atoms with Gasteiger partial charge in [-0.2, -0.15) is 0 Å². The molecule has 0 fully saturated rings.